The normalized spacial score (nSPS) is 29.8. The first-order valence-electron chi connectivity index (χ1n) is 6.84. The molecule has 1 aromatic heterocycles. The lowest BCUT2D eigenvalue weighted by Gasteiger charge is -2.39. The minimum Gasteiger partial charge on any atom is -0.289 e. The quantitative estimate of drug-likeness (QED) is 0.636. The van der Waals surface area contributed by atoms with Gasteiger partial charge in [0.1, 0.15) is 12.4 Å². The minimum atomic E-state index is -4.18. The van der Waals surface area contributed by atoms with Crippen LogP contribution >= 0.6 is 0 Å². The van der Waals surface area contributed by atoms with Crippen molar-refractivity contribution in [2.24, 2.45) is 0 Å². The molecular formula is C12H15F3N4O2. The predicted molar refractivity (Wildman–Crippen MR) is 66.7 cm³/mol. The highest BCUT2D eigenvalue weighted by atomic mass is 19.4. The standard InChI is InChI=1S/C12H15F3N4O2/c13-12(14,15)7-17-8-1-2-9(17)4-10(3-8)18-6-11(5-16-18)19(20)21/h5-6,8-10H,1-4,7H2/t8-,9+,10?. The molecular weight excluding hydrogens is 289 g/mol. The average Bonchev–Trinajstić information content (AvgIpc) is 2.92. The maximum absolute atomic E-state index is 12.6. The molecule has 3 rings (SSSR count). The van der Waals surface area contributed by atoms with Gasteiger partial charge in [-0.1, -0.05) is 0 Å². The van der Waals surface area contributed by atoms with E-state index in [-0.39, 0.29) is 23.8 Å². The van der Waals surface area contributed by atoms with E-state index < -0.39 is 17.6 Å². The zero-order valence-corrected chi connectivity index (χ0v) is 11.2. The van der Waals surface area contributed by atoms with Crippen LogP contribution in [-0.4, -0.2) is 44.4 Å². The third-order valence-electron chi connectivity index (χ3n) is 4.39. The summed E-state index contributed by atoms with van der Waals surface area (Å²) in [5, 5.41) is 14.7. The smallest absolute Gasteiger partial charge is 0.289 e. The third kappa shape index (κ3) is 2.87. The van der Waals surface area contributed by atoms with Gasteiger partial charge in [-0.25, -0.2) is 0 Å². The van der Waals surface area contributed by atoms with Gasteiger partial charge in [-0.05, 0) is 25.7 Å². The van der Waals surface area contributed by atoms with Crippen LogP contribution in [-0.2, 0) is 0 Å². The number of piperidine rings is 1. The van der Waals surface area contributed by atoms with Crippen molar-refractivity contribution in [1.82, 2.24) is 14.7 Å². The number of hydrogen-bond donors (Lipinski definition) is 0. The van der Waals surface area contributed by atoms with Crippen LogP contribution in [0.15, 0.2) is 12.4 Å². The van der Waals surface area contributed by atoms with Gasteiger partial charge >= 0.3 is 11.9 Å². The number of nitro groups is 1. The number of hydrogen-bond acceptors (Lipinski definition) is 4. The number of halogens is 3. The van der Waals surface area contributed by atoms with E-state index in [1.807, 2.05) is 0 Å². The first kappa shape index (κ1) is 14.3. The van der Waals surface area contributed by atoms with E-state index in [1.54, 1.807) is 0 Å². The second kappa shape index (κ2) is 4.97. The molecule has 2 bridgehead atoms. The van der Waals surface area contributed by atoms with Gasteiger partial charge in [0.2, 0.25) is 0 Å². The summed E-state index contributed by atoms with van der Waals surface area (Å²) in [7, 11) is 0. The van der Waals surface area contributed by atoms with Gasteiger partial charge in [-0.3, -0.25) is 19.7 Å². The summed E-state index contributed by atoms with van der Waals surface area (Å²) in [5.41, 5.74) is -0.0833. The number of fused-ring (bicyclic) bond motifs is 2. The van der Waals surface area contributed by atoms with Crippen LogP contribution in [0.1, 0.15) is 31.7 Å². The summed E-state index contributed by atoms with van der Waals surface area (Å²) in [4.78, 5) is 11.7. The second-order valence-electron chi connectivity index (χ2n) is 5.73. The summed E-state index contributed by atoms with van der Waals surface area (Å²) in [5.74, 6) is 0. The van der Waals surface area contributed by atoms with Crippen molar-refractivity contribution < 1.29 is 18.1 Å². The lowest BCUT2D eigenvalue weighted by molar-refractivity contribution is -0.385. The van der Waals surface area contributed by atoms with E-state index in [4.69, 9.17) is 0 Å². The van der Waals surface area contributed by atoms with E-state index in [9.17, 15) is 23.3 Å². The summed E-state index contributed by atoms with van der Waals surface area (Å²) in [6.45, 7) is -0.867. The topological polar surface area (TPSA) is 64.2 Å². The number of nitrogens with zero attached hydrogens (tertiary/aromatic N) is 4. The average molecular weight is 304 g/mol. The van der Waals surface area contributed by atoms with E-state index in [0.717, 1.165) is 12.8 Å². The molecule has 1 aromatic rings. The van der Waals surface area contributed by atoms with Gasteiger partial charge < -0.3 is 0 Å². The zero-order chi connectivity index (χ0) is 15.2. The number of alkyl halides is 3. The molecule has 0 aliphatic carbocycles. The Kier molecular flexibility index (Phi) is 3.39. The Morgan fingerprint density at radius 2 is 1.90 bits per heavy atom. The van der Waals surface area contributed by atoms with Crippen LogP contribution in [0.25, 0.3) is 0 Å². The molecule has 2 aliphatic heterocycles. The van der Waals surface area contributed by atoms with Crippen molar-refractivity contribution in [2.75, 3.05) is 6.54 Å². The molecule has 21 heavy (non-hydrogen) atoms. The number of rotatable bonds is 3. The molecule has 3 atom stereocenters. The largest absolute Gasteiger partial charge is 0.401 e. The fraction of sp³-hybridized carbons (Fsp3) is 0.750. The van der Waals surface area contributed by atoms with Crippen LogP contribution in [0.3, 0.4) is 0 Å². The SMILES string of the molecule is O=[N+]([O-])c1cnn(C2C[C@H]3CC[C@@H](C2)N3CC(F)(F)F)c1. The van der Waals surface area contributed by atoms with E-state index >= 15 is 0 Å². The van der Waals surface area contributed by atoms with E-state index in [1.165, 1.54) is 22.0 Å². The Hall–Kier alpha value is -1.64. The highest BCUT2D eigenvalue weighted by molar-refractivity contribution is 5.21. The Morgan fingerprint density at radius 1 is 1.29 bits per heavy atom. The molecule has 0 radical (unpaired) electrons. The van der Waals surface area contributed by atoms with E-state index in [0.29, 0.717) is 12.8 Å². The van der Waals surface area contributed by atoms with Crippen molar-refractivity contribution >= 4 is 5.69 Å². The number of aromatic nitrogens is 2. The minimum absolute atomic E-state index is 0.0549. The van der Waals surface area contributed by atoms with Crippen LogP contribution in [0.2, 0.25) is 0 Å². The van der Waals surface area contributed by atoms with Crippen molar-refractivity contribution in [1.29, 1.82) is 0 Å². The summed E-state index contributed by atoms with van der Waals surface area (Å²) in [6, 6.07) is -0.280. The van der Waals surface area contributed by atoms with Crippen LogP contribution < -0.4 is 0 Å². The van der Waals surface area contributed by atoms with Crippen LogP contribution in [0.5, 0.6) is 0 Å². The van der Waals surface area contributed by atoms with Gasteiger partial charge in [-0.2, -0.15) is 18.3 Å². The van der Waals surface area contributed by atoms with Gasteiger partial charge in [0.15, 0.2) is 0 Å². The predicted octanol–water partition coefficient (Wildman–Crippen LogP) is 2.52. The summed E-state index contributed by atoms with van der Waals surface area (Å²) in [6.07, 6.45) is 0.990. The highest BCUT2D eigenvalue weighted by Crippen LogP contribution is 2.42. The molecule has 0 amide bonds. The monoisotopic (exact) mass is 304 g/mol. The fourth-order valence-corrected chi connectivity index (χ4v) is 3.55. The molecule has 6 nitrogen and oxygen atoms in total. The third-order valence-corrected chi connectivity index (χ3v) is 4.39. The van der Waals surface area contributed by atoms with Gasteiger partial charge in [0.25, 0.3) is 0 Å². The first-order chi connectivity index (χ1) is 9.83. The molecule has 2 aliphatic rings. The lowest BCUT2D eigenvalue weighted by atomic mass is 9.97. The summed E-state index contributed by atoms with van der Waals surface area (Å²) >= 11 is 0. The van der Waals surface area contributed by atoms with Gasteiger partial charge in [0.05, 0.1) is 17.5 Å². The fourth-order valence-electron chi connectivity index (χ4n) is 3.55. The Labute approximate surface area is 118 Å². The molecule has 0 spiro atoms. The molecule has 3 heterocycles. The van der Waals surface area contributed by atoms with Crippen LogP contribution in [0.4, 0.5) is 18.9 Å². The lowest BCUT2D eigenvalue weighted by Crippen LogP contribution is -2.47. The zero-order valence-electron chi connectivity index (χ0n) is 11.2. The Bertz CT molecular complexity index is 531. The van der Waals surface area contributed by atoms with Crippen molar-refractivity contribution in [2.45, 2.75) is 50.0 Å². The molecule has 2 fully saturated rings. The van der Waals surface area contributed by atoms with Gasteiger partial charge in [-0.15, -0.1) is 0 Å². The maximum Gasteiger partial charge on any atom is 0.401 e. The summed E-state index contributed by atoms with van der Waals surface area (Å²) < 4.78 is 39.3. The highest BCUT2D eigenvalue weighted by Gasteiger charge is 2.46. The molecule has 0 saturated carbocycles. The molecule has 1 unspecified atom stereocenters. The van der Waals surface area contributed by atoms with Crippen molar-refractivity contribution in [3.05, 3.63) is 22.5 Å². The molecule has 2 saturated heterocycles. The molecule has 0 aromatic carbocycles. The first-order valence-corrected chi connectivity index (χ1v) is 6.84. The Balaban J connectivity index is 1.71. The second-order valence-corrected chi connectivity index (χ2v) is 5.73. The van der Waals surface area contributed by atoms with E-state index in [2.05, 4.69) is 5.10 Å². The van der Waals surface area contributed by atoms with Crippen molar-refractivity contribution in [3.63, 3.8) is 0 Å². The molecule has 116 valence electrons. The molecule has 9 heteroatoms. The van der Waals surface area contributed by atoms with Gasteiger partial charge in [0, 0.05) is 12.1 Å². The maximum atomic E-state index is 12.6. The van der Waals surface area contributed by atoms with Crippen LogP contribution in [0, 0.1) is 10.1 Å². The Morgan fingerprint density at radius 3 is 2.38 bits per heavy atom. The molecule has 0 N–H and O–H groups in total. The van der Waals surface area contributed by atoms with Crippen molar-refractivity contribution in [3.8, 4) is 0 Å².